The van der Waals surface area contributed by atoms with Gasteiger partial charge in [0.05, 0.1) is 51.2 Å². The third kappa shape index (κ3) is 15.2. The zero-order valence-electron chi connectivity index (χ0n) is 74.4. The zero-order valence-corrected chi connectivity index (χ0v) is 77.6. The smallest absolute Gasteiger partial charge is 0.160 e. The van der Waals surface area contributed by atoms with Crippen LogP contribution >= 0.6 is 0 Å². The fourth-order valence-corrected chi connectivity index (χ4v) is 28.8. The van der Waals surface area contributed by atoms with Crippen LogP contribution in [0.1, 0.15) is 72.3 Å². The van der Waals surface area contributed by atoms with Gasteiger partial charge in [-0.3, -0.25) is 29.9 Å². The van der Waals surface area contributed by atoms with E-state index in [1.165, 1.54) is 36.7 Å². The van der Waals surface area contributed by atoms with Crippen molar-refractivity contribution in [3.8, 4) is 169 Å². The minimum Gasteiger partial charge on any atom is -0.260 e. The molecule has 4 atom stereocenters. The summed E-state index contributed by atoms with van der Waals surface area (Å²) in [6.07, 6.45) is 14.8. The van der Waals surface area contributed by atoms with E-state index in [1.54, 1.807) is 0 Å². The topological polar surface area (TPSA) is 155 Å². The summed E-state index contributed by atoms with van der Waals surface area (Å²) >= 11 is 0. The molecule has 15 heteroatoms. The van der Waals surface area contributed by atoms with Gasteiger partial charge in [-0.1, -0.05) is 326 Å². The summed E-state index contributed by atoms with van der Waals surface area (Å²) in [6, 6.07) is 116. The van der Waals surface area contributed by atoms with Gasteiger partial charge in [0.25, 0.3) is 0 Å². The number of aromatic nitrogens is 12. The van der Waals surface area contributed by atoms with Crippen molar-refractivity contribution in [1.29, 1.82) is 0 Å². The number of pyridine rings is 6. The van der Waals surface area contributed by atoms with Crippen molar-refractivity contribution in [3.05, 3.63) is 399 Å². The highest BCUT2D eigenvalue weighted by Gasteiger charge is 2.42. The first-order valence-electron chi connectivity index (χ1n) is 45.5. The number of nitrogens with zero attached hydrogens (tertiary/aromatic N) is 12. The predicted octanol–water partition coefficient (Wildman–Crippen LogP) is 23.0. The molecule has 12 heterocycles. The standard InChI is InChI=1S/C116H94N12Si3/c1-72(54-87-108(75-36-18-9-19-37-75)123-114(81-48-30-15-31-49-81)124-109(87)76-38-20-10-21-39-76)96-60-102-90(66-117-96)91-67-120-99(61-103(91)129(102)4)84-57-85(100-64-106-94(70-121-100)92-68-118-97(62-104(92)130(106,5)6)73(2)55-88-110(77-40-22-11-23-41-77)125-115(82-50-32-16-33-51-82)126-111(88)78-42-24-12-25-43-78)59-86(58-84)101-65-107-95(71-122-101)93-69-119-98(63-105(93)131(107,7)8)74(3)56-89-112(79-44-26-13-27-45-79)127-116(83-52-34-17-35-53-83)128-113(89)80-46-28-14-29-47-80/h9-53,57-74,129H,54-56H2,1-8H3. The van der Waals surface area contributed by atoms with Gasteiger partial charge in [0.15, 0.2) is 17.5 Å². The summed E-state index contributed by atoms with van der Waals surface area (Å²) in [5.74, 6) is 2.14. The van der Waals surface area contributed by atoms with Crippen LogP contribution < -0.4 is 31.1 Å². The van der Waals surface area contributed by atoms with Crippen LogP contribution in [-0.4, -0.2) is 84.8 Å². The molecule has 19 aromatic rings. The van der Waals surface area contributed by atoms with E-state index in [4.69, 9.17) is 59.8 Å². The Bertz CT molecular complexity index is 7120. The zero-order chi connectivity index (χ0) is 88.6. The molecule has 0 saturated heterocycles. The van der Waals surface area contributed by atoms with E-state index in [1.807, 2.05) is 18.2 Å². The van der Waals surface area contributed by atoms with Gasteiger partial charge in [-0.15, -0.1) is 0 Å². The lowest BCUT2D eigenvalue weighted by Gasteiger charge is -2.22. The Hall–Kier alpha value is -15.0. The normalized spacial score (nSPS) is 14.2. The quantitative estimate of drug-likeness (QED) is 0.0629. The molecule has 0 saturated carbocycles. The molecule has 0 radical (unpaired) electrons. The molecule has 10 aromatic carbocycles. The van der Waals surface area contributed by atoms with E-state index >= 15 is 0 Å². The summed E-state index contributed by atoms with van der Waals surface area (Å²) in [5.41, 5.74) is 33.9. The molecule has 0 amide bonds. The van der Waals surface area contributed by atoms with Crippen LogP contribution in [-0.2, 0) is 19.3 Å². The largest absolute Gasteiger partial charge is 0.260 e. The lowest BCUT2D eigenvalue weighted by Crippen LogP contribution is -2.49. The molecule has 3 aliphatic rings. The van der Waals surface area contributed by atoms with Gasteiger partial charge in [0, 0.05) is 189 Å². The molecule has 630 valence electrons. The average molecular weight is 1740 g/mol. The third-order valence-electron chi connectivity index (χ3n) is 27.3. The molecule has 22 rings (SSSR count). The van der Waals surface area contributed by atoms with Crippen molar-refractivity contribution in [2.75, 3.05) is 0 Å². The van der Waals surface area contributed by atoms with Gasteiger partial charge in [-0.05, 0) is 105 Å². The first kappa shape index (κ1) is 81.7. The maximum atomic E-state index is 5.52. The van der Waals surface area contributed by atoms with E-state index in [9.17, 15) is 0 Å². The second-order valence-corrected chi connectivity index (χ2v) is 47.8. The molecule has 131 heavy (non-hydrogen) atoms. The lowest BCUT2D eigenvalue weighted by atomic mass is 9.90. The molecule has 0 aliphatic carbocycles. The molecule has 4 unspecified atom stereocenters. The van der Waals surface area contributed by atoms with Crippen molar-refractivity contribution < 1.29 is 0 Å². The Morgan fingerprint density at radius 2 is 0.443 bits per heavy atom. The van der Waals surface area contributed by atoms with Gasteiger partial charge in [0.1, 0.15) is 24.9 Å². The second-order valence-electron chi connectivity index (χ2n) is 36.4. The van der Waals surface area contributed by atoms with Gasteiger partial charge in [0.2, 0.25) is 0 Å². The number of fused-ring (bicyclic) bond motifs is 9. The summed E-state index contributed by atoms with van der Waals surface area (Å²) in [5, 5.41) is 8.12. The lowest BCUT2D eigenvalue weighted by molar-refractivity contribution is 0.729. The minimum absolute atomic E-state index is 0.0110. The van der Waals surface area contributed by atoms with Gasteiger partial charge >= 0.3 is 0 Å². The Kier molecular flexibility index (Phi) is 21.1. The average Bonchev–Trinajstić information content (AvgIpc) is 1.58. The van der Waals surface area contributed by atoms with E-state index in [0.29, 0.717) is 36.7 Å². The fraction of sp³-hybridized carbons (Fsp3) is 0.121. The molecule has 3 aliphatic heterocycles. The van der Waals surface area contributed by atoms with Crippen molar-refractivity contribution in [2.45, 2.75) is 90.5 Å². The van der Waals surface area contributed by atoms with E-state index in [2.05, 4.69) is 400 Å². The number of rotatable bonds is 21. The summed E-state index contributed by atoms with van der Waals surface area (Å²) in [7, 11) is -6.75. The van der Waals surface area contributed by atoms with Crippen molar-refractivity contribution in [3.63, 3.8) is 0 Å². The van der Waals surface area contributed by atoms with Crippen LogP contribution in [0.5, 0.6) is 0 Å². The third-order valence-corrected chi connectivity index (χ3v) is 37.2. The molecule has 0 spiro atoms. The highest BCUT2D eigenvalue weighted by molar-refractivity contribution is 7.04. The molecular formula is C116H94N12Si3. The monoisotopic (exact) mass is 1740 g/mol. The summed E-state index contributed by atoms with van der Waals surface area (Å²) < 4.78 is 0. The Morgan fingerprint density at radius 3 is 0.718 bits per heavy atom. The van der Waals surface area contributed by atoms with Crippen LogP contribution in [0.15, 0.2) is 365 Å². The van der Waals surface area contributed by atoms with E-state index in [-0.39, 0.29) is 17.8 Å². The first-order chi connectivity index (χ1) is 64.1. The van der Waals surface area contributed by atoms with E-state index < -0.39 is 24.9 Å². The highest BCUT2D eigenvalue weighted by atomic mass is 28.3. The summed E-state index contributed by atoms with van der Waals surface area (Å²) in [4.78, 5) is 65.2. The Balaban J connectivity index is 0.614. The van der Waals surface area contributed by atoms with E-state index in [0.717, 1.165) is 180 Å². The van der Waals surface area contributed by atoms with Crippen LogP contribution in [0.2, 0.25) is 32.7 Å². The molecule has 12 nitrogen and oxygen atoms in total. The second kappa shape index (κ2) is 33.9. The number of hydrogen-bond donors (Lipinski definition) is 0. The van der Waals surface area contributed by atoms with Gasteiger partial charge < -0.3 is 0 Å². The maximum Gasteiger partial charge on any atom is 0.160 e. The van der Waals surface area contributed by atoms with Crippen LogP contribution in [0, 0.1) is 0 Å². The Labute approximate surface area is 768 Å². The first-order valence-corrected chi connectivity index (χ1v) is 53.8. The van der Waals surface area contributed by atoms with Gasteiger partial charge in [-0.25, -0.2) is 29.9 Å². The van der Waals surface area contributed by atoms with Crippen LogP contribution in [0.3, 0.4) is 0 Å². The molecule has 0 bridgehead atoms. The number of hydrogen-bond acceptors (Lipinski definition) is 12. The molecular weight excluding hydrogens is 1650 g/mol. The maximum absolute atomic E-state index is 5.52. The predicted molar refractivity (Wildman–Crippen MR) is 543 cm³/mol. The van der Waals surface area contributed by atoms with Crippen LogP contribution in [0.4, 0.5) is 0 Å². The molecule has 9 aromatic heterocycles. The number of benzene rings is 10. The minimum atomic E-state index is -2.45. The Morgan fingerprint density at radius 1 is 0.229 bits per heavy atom. The van der Waals surface area contributed by atoms with Crippen molar-refractivity contribution >= 4 is 56.1 Å². The van der Waals surface area contributed by atoms with Crippen molar-refractivity contribution in [2.24, 2.45) is 0 Å². The fourth-order valence-electron chi connectivity index (χ4n) is 20.1. The highest BCUT2D eigenvalue weighted by Crippen LogP contribution is 2.44. The SMILES string of the molecule is CC(Cc1c(-c2ccccc2)nc(-c2ccccc2)nc1-c1ccccc1)c1cc2c(cn1)-c1cnc(-c3cc(-c4cc5c(cn4)-c4cnc(C(C)Cc6c(-c7ccccc7)nc(-c7ccccc7)nc6-c6ccccc6)cc4[Si]5(C)C)cc(-c4cc5c(cn4)-c4cnc(C(C)Cc6c(-c7ccccc7)nc(-c7ccccc7)nc6-c6ccccc6)cc4[Si]5(C)C)c3)cc1[SiH]2C. The van der Waals surface area contributed by atoms with Crippen molar-refractivity contribution in [1.82, 2.24) is 59.8 Å². The van der Waals surface area contributed by atoms with Crippen LogP contribution in [0.25, 0.3) is 169 Å². The molecule has 0 N–H and O–H groups in total. The molecule has 0 fully saturated rings. The summed E-state index contributed by atoms with van der Waals surface area (Å²) in [6.45, 7) is 19.4. The van der Waals surface area contributed by atoms with Gasteiger partial charge in [-0.2, -0.15) is 0 Å².